The minimum Gasteiger partial charge on any atom is -0.356 e. The SMILES string of the molecule is Cc1nc2c3ccccc3nn2c(C)c1CCC(=O)NCCc1cnc[nH]1. The van der Waals surface area contributed by atoms with Crippen LogP contribution in [0.15, 0.2) is 36.8 Å². The van der Waals surface area contributed by atoms with Crippen LogP contribution in [0.2, 0.25) is 0 Å². The normalized spacial score (nSPS) is 11.3. The first-order valence-corrected chi connectivity index (χ1v) is 9.11. The molecule has 3 aromatic heterocycles. The van der Waals surface area contributed by atoms with Crippen LogP contribution in [-0.2, 0) is 17.6 Å². The minimum absolute atomic E-state index is 0.0408. The molecule has 0 spiro atoms. The van der Waals surface area contributed by atoms with Gasteiger partial charge in [0.15, 0.2) is 5.65 Å². The van der Waals surface area contributed by atoms with Gasteiger partial charge in [0.2, 0.25) is 5.91 Å². The molecule has 0 aliphatic carbocycles. The molecule has 1 amide bonds. The fourth-order valence-electron chi connectivity index (χ4n) is 3.42. The van der Waals surface area contributed by atoms with Crippen molar-refractivity contribution in [3.8, 4) is 0 Å². The van der Waals surface area contributed by atoms with E-state index in [-0.39, 0.29) is 5.91 Å². The molecule has 4 aromatic rings. The zero-order valence-electron chi connectivity index (χ0n) is 15.5. The average molecular weight is 362 g/mol. The van der Waals surface area contributed by atoms with Gasteiger partial charge in [0, 0.05) is 48.1 Å². The van der Waals surface area contributed by atoms with Crippen molar-refractivity contribution in [2.45, 2.75) is 33.1 Å². The van der Waals surface area contributed by atoms with Crippen molar-refractivity contribution in [3.63, 3.8) is 0 Å². The third-order valence-electron chi connectivity index (χ3n) is 4.89. The molecule has 0 atom stereocenters. The van der Waals surface area contributed by atoms with E-state index >= 15 is 0 Å². The van der Waals surface area contributed by atoms with Gasteiger partial charge in [-0.2, -0.15) is 5.10 Å². The summed E-state index contributed by atoms with van der Waals surface area (Å²) < 4.78 is 1.89. The Bertz CT molecular complexity index is 1100. The van der Waals surface area contributed by atoms with Gasteiger partial charge in [0.1, 0.15) is 0 Å². The van der Waals surface area contributed by atoms with Crippen LogP contribution in [0.1, 0.15) is 29.1 Å². The molecule has 0 aliphatic rings. The number of hydrogen-bond acceptors (Lipinski definition) is 4. The number of carbonyl (C=O) groups is 1. The van der Waals surface area contributed by atoms with Crippen LogP contribution < -0.4 is 5.32 Å². The van der Waals surface area contributed by atoms with Crippen molar-refractivity contribution in [3.05, 3.63) is 59.4 Å². The van der Waals surface area contributed by atoms with E-state index in [4.69, 9.17) is 4.98 Å². The van der Waals surface area contributed by atoms with Crippen molar-refractivity contribution in [2.24, 2.45) is 0 Å². The quantitative estimate of drug-likeness (QED) is 0.552. The number of rotatable bonds is 6. The Morgan fingerprint density at radius 3 is 2.89 bits per heavy atom. The van der Waals surface area contributed by atoms with E-state index in [0.717, 1.165) is 45.6 Å². The first-order valence-electron chi connectivity index (χ1n) is 9.11. The van der Waals surface area contributed by atoms with Crippen LogP contribution in [-0.4, -0.2) is 37.0 Å². The van der Waals surface area contributed by atoms with Crippen molar-refractivity contribution in [2.75, 3.05) is 6.54 Å². The van der Waals surface area contributed by atoms with E-state index in [2.05, 4.69) is 20.4 Å². The van der Waals surface area contributed by atoms with E-state index in [0.29, 0.717) is 19.4 Å². The topological polar surface area (TPSA) is 88.0 Å². The third kappa shape index (κ3) is 3.40. The maximum atomic E-state index is 12.2. The summed E-state index contributed by atoms with van der Waals surface area (Å²) in [5.74, 6) is 0.0408. The highest BCUT2D eigenvalue weighted by atomic mass is 16.1. The number of fused-ring (bicyclic) bond motifs is 3. The number of aromatic nitrogens is 5. The average Bonchev–Trinajstić information content (AvgIpc) is 3.30. The molecule has 0 aliphatic heterocycles. The van der Waals surface area contributed by atoms with E-state index in [9.17, 15) is 4.79 Å². The van der Waals surface area contributed by atoms with E-state index in [1.807, 2.05) is 42.6 Å². The van der Waals surface area contributed by atoms with Crippen molar-refractivity contribution >= 4 is 22.5 Å². The number of nitrogens with one attached hydrogen (secondary N) is 2. The smallest absolute Gasteiger partial charge is 0.220 e. The number of aryl methyl sites for hydroxylation is 2. The summed E-state index contributed by atoms with van der Waals surface area (Å²) in [4.78, 5) is 24.0. The molecule has 2 N–H and O–H groups in total. The molecule has 0 fully saturated rings. The number of carbonyl (C=O) groups excluding carboxylic acids is 1. The van der Waals surface area contributed by atoms with Gasteiger partial charge < -0.3 is 10.3 Å². The highest BCUT2D eigenvalue weighted by Crippen LogP contribution is 2.22. The predicted molar refractivity (Wildman–Crippen MR) is 104 cm³/mol. The Labute approximate surface area is 156 Å². The van der Waals surface area contributed by atoms with Gasteiger partial charge in [-0.15, -0.1) is 0 Å². The standard InChI is InChI=1S/C20H22N6O/c1-13-16(7-8-19(27)22-10-9-15-11-21-12-23-15)14(2)26-20(24-13)17-5-3-4-6-18(17)25-26/h3-6,11-12H,7-10H2,1-2H3,(H,21,23)(H,22,27). The summed E-state index contributed by atoms with van der Waals surface area (Å²) in [5, 5.41) is 8.67. The van der Waals surface area contributed by atoms with E-state index in [1.54, 1.807) is 12.5 Å². The molecule has 0 unspecified atom stereocenters. The first kappa shape index (κ1) is 17.2. The summed E-state index contributed by atoms with van der Waals surface area (Å²) in [6.07, 6.45) is 5.24. The fraction of sp³-hybridized carbons (Fsp3) is 0.300. The Balaban J connectivity index is 1.47. The van der Waals surface area contributed by atoms with Gasteiger partial charge in [-0.05, 0) is 38.0 Å². The highest BCUT2D eigenvalue weighted by molar-refractivity contribution is 5.92. The van der Waals surface area contributed by atoms with Gasteiger partial charge in [-0.1, -0.05) is 12.1 Å². The molecular formula is C20H22N6O. The van der Waals surface area contributed by atoms with Crippen molar-refractivity contribution in [1.29, 1.82) is 0 Å². The number of aromatic amines is 1. The van der Waals surface area contributed by atoms with Crippen LogP contribution in [0.4, 0.5) is 0 Å². The van der Waals surface area contributed by atoms with Gasteiger partial charge in [-0.3, -0.25) is 4.79 Å². The fourth-order valence-corrected chi connectivity index (χ4v) is 3.42. The first-order chi connectivity index (χ1) is 13.1. The summed E-state index contributed by atoms with van der Waals surface area (Å²) in [6.45, 7) is 4.64. The van der Waals surface area contributed by atoms with E-state index in [1.165, 1.54) is 0 Å². The summed E-state index contributed by atoms with van der Waals surface area (Å²) in [6, 6.07) is 8.01. The molecule has 4 rings (SSSR count). The Kier molecular flexibility index (Phi) is 4.58. The molecule has 0 radical (unpaired) electrons. The van der Waals surface area contributed by atoms with Gasteiger partial charge in [-0.25, -0.2) is 14.5 Å². The van der Waals surface area contributed by atoms with Crippen LogP contribution in [0, 0.1) is 13.8 Å². The van der Waals surface area contributed by atoms with E-state index < -0.39 is 0 Å². The van der Waals surface area contributed by atoms with Gasteiger partial charge in [0.05, 0.1) is 11.8 Å². The maximum Gasteiger partial charge on any atom is 0.220 e. The Morgan fingerprint density at radius 2 is 2.07 bits per heavy atom. The highest BCUT2D eigenvalue weighted by Gasteiger charge is 2.14. The number of nitrogens with zero attached hydrogens (tertiary/aromatic N) is 4. The third-order valence-corrected chi connectivity index (χ3v) is 4.89. The minimum atomic E-state index is 0.0408. The number of imidazole rings is 1. The second kappa shape index (κ2) is 7.19. The molecule has 0 saturated carbocycles. The Morgan fingerprint density at radius 1 is 1.22 bits per heavy atom. The largest absolute Gasteiger partial charge is 0.356 e. The monoisotopic (exact) mass is 362 g/mol. The molecule has 7 nitrogen and oxygen atoms in total. The number of amides is 1. The van der Waals surface area contributed by atoms with Crippen molar-refractivity contribution < 1.29 is 4.79 Å². The molecule has 0 bridgehead atoms. The second-order valence-corrected chi connectivity index (χ2v) is 6.69. The molecule has 3 heterocycles. The molecule has 27 heavy (non-hydrogen) atoms. The molecule has 0 saturated heterocycles. The van der Waals surface area contributed by atoms with Crippen LogP contribution in [0.25, 0.3) is 16.6 Å². The Hall–Kier alpha value is -3.22. The summed E-state index contributed by atoms with van der Waals surface area (Å²) in [7, 11) is 0. The molecular weight excluding hydrogens is 340 g/mol. The lowest BCUT2D eigenvalue weighted by atomic mass is 10.1. The number of hydrogen-bond donors (Lipinski definition) is 2. The predicted octanol–water partition coefficient (Wildman–Crippen LogP) is 2.51. The van der Waals surface area contributed by atoms with Gasteiger partial charge >= 0.3 is 0 Å². The van der Waals surface area contributed by atoms with Gasteiger partial charge in [0.25, 0.3) is 0 Å². The summed E-state index contributed by atoms with van der Waals surface area (Å²) in [5.41, 5.74) is 5.89. The zero-order valence-corrected chi connectivity index (χ0v) is 15.5. The lowest BCUT2D eigenvalue weighted by Crippen LogP contribution is -2.26. The zero-order chi connectivity index (χ0) is 18.8. The molecule has 138 valence electrons. The number of benzene rings is 1. The maximum absolute atomic E-state index is 12.2. The summed E-state index contributed by atoms with van der Waals surface area (Å²) >= 11 is 0. The molecule has 7 heteroatoms. The number of H-pyrrole nitrogens is 1. The lowest BCUT2D eigenvalue weighted by Gasteiger charge is -2.11. The lowest BCUT2D eigenvalue weighted by molar-refractivity contribution is -0.121. The van der Waals surface area contributed by atoms with Crippen LogP contribution >= 0.6 is 0 Å². The van der Waals surface area contributed by atoms with Crippen molar-refractivity contribution in [1.82, 2.24) is 29.9 Å². The van der Waals surface area contributed by atoms with Crippen LogP contribution in [0.5, 0.6) is 0 Å². The second-order valence-electron chi connectivity index (χ2n) is 6.69. The van der Waals surface area contributed by atoms with Crippen LogP contribution in [0.3, 0.4) is 0 Å². The molecule has 1 aromatic carbocycles.